The number of hydrogen-bond donors (Lipinski definition) is 2. The minimum absolute atomic E-state index is 0.118. The van der Waals surface area contributed by atoms with Gasteiger partial charge in [0.2, 0.25) is 11.8 Å². The Bertz CT molecular complexity index is 584. The molecule has 5 nitrogen and oxygen atoms in total. The summed E-state index contributed by atoms with van der Waals surface area (Å²) in [5, 5.41) is 6.08. The molecule has 1 aromatic carbocycles. The summed E-state index contributed by atoms with van der Waals surface area (Å²) in [6.45, 7) is 0.333. The minimum atomic E-state index is -0.308. The van der Waals surface area contributed by atoms with Crippen LogP contribution in [0.5, 0.6) is 0 Å². The van der Waals surface area contributed by atoms with Crippen molar-refractivity contribution in [1.29, 1.82) is 0 Å². The van der Waals surface area contributed by atoms with Gasteiger partial charge in [0, 0.05) is 17.3 Å². The SMILES string of the molecule is O=C(COCC(=O)Nc1ccc(Cl)cc1)NCCC1=CCCCC1. The fourth-order valence-corrected chi connectivity index (χ4v) is 2.64. The molecule has 24 heavy (non-hydrogen) atoms. The zero-order valence-electron chi connectivity index (χ0n) is 13.6. The molecule has 6 heteroatoms. The Morgan fingerprint density at radius 3 is 2.54 bits per heavy atom. The van der Waals surface area contributed by atoms with E-state index in [1.165, 1.54) is 18.4 Å². The summed E-state index contributed by atoms with van der Waals surface area (Å²) < 4.78 is 5.13. The number of amides is 2. The summed E-state index contributed by atoms with van der Waals surface area (Å²) in [7, 11) is 0. The molecule has 0 spiro atoms. The topological polar surface area (TPSA) is 67.4 Å². The van der Waals surface area contributed by atoms with Crippen LogP contribution in [0.2, 0.25) is 5.02 Å². The van der Waals surface area contributed by atoms with Crippen LogP contribution in [0, 0.1) is 0 Å². The van der Waals surface area contributed by atoms with Gasteiger partial charge in [0.15, 0.2) is 0 Å². The highest BCUT2D eigenvalue weighted by Gasteiger charge is 2.07. The first-order valence-corrected chi connectivity index (χ1v) is 8.59. The van der Waals surface area contributed by atoms with Gasteiger partial charge in [0.25, 0.3) is 0 Å². The van der Waals surface area contributed by atoms with Gasteiger partial charge in [-0.1, -0.05) is 23.3 Å². The van der Waals surface area contributed by atoms with Crippen molar-refractivity contribution < 1.29 is 14.3 Å². The van der Waals surface area contributed by atoms with Crippen LogP contribution in [-0.4, -0.2) is 31.6 Å². The van der Waals surface area contributed by atoms with Crippen LogP contribution in [0.3, 0.4) is 0 Å². The van der Waals surface area contributed by atoms with Crippen LogP contribution in [-0.2, 0) is 14.3 Å². The number of anilines is 1. The fraction of sp³-hybridized carbons (Fsp3) is 0.444. The largest absolute Gasteiger partial charge is 0.362 e. The van der Waals surface area contributed by atoms with Gasteiger partial charge in [-0.25, -0.2) is 0 Å². The van der Waals surface area contributed by atoms with E-state index in [0.29, 0.717) is 17.3 Å². The third kappa shape index (κ3) is 7.15. The highest BCUT2D eigenvalue weighted by molar-refractivity contribution is 6.30. The van der Waals surface area contributed by atoms with Crippen molar-refractivity contribution in [3.63, 3.8) is 0 Å². The third-order valence-corrected chi connectivity index (χ3v) is 4.00. The lowest BCUT2D eigenvalue weighted by molar-refractivity contribution is -0.128. The molecule has 0 saturated heterocycles. The van der Waals surface area contributed by atoms with E-state index in [0.717, 1.165) is 19.3 Å². The second-order valence-corrected chi connectivity index (χ2v) is 6.19. The van der Waals surface area contributed by atoms with Crippen molar-refractivity contribution >= 4 is 29.1 Å². The number of carbonyl (C=O) groups is 2. The van der Waals surface area contributed by atoms with Crippen molar-refractivity contribution in [3.05, 3.63) is 40.9 Å². The van der Waals surface area contributed by atoms with Gasteiger partial charge in [-0.3, -0.25) is 9.59 Å². The average Bonchev–Trinajstić information content (AvgIpc) is 2.58. The lowest BCUT2D eigenvalue weighted by atomic mass is 9.97. The van der Waals surface area contributed by atoms with Gasteiger partial charge < -0.3 is 15.4 Å². The molecule has 0 aromatic heterocycles. The number of halogens is 1. The van der Waals surface area contributed by atoms with Crippen LogP contribution >= 0.6 is 11.6 Å². The number of rotatable bonds is 8. The Morgan fingerprint density at radius 1 is 1.08 bits per heavy atom. The molecule has 2 rings (SSSR count). The van der Waals surface area contributed by atoms with E-state index in [-0.39, 0.29) is 25.0 Å². The number of carbonyl (C=O) groups excluding carboxylic acids is 2. The molecule has 0 atom stereocenters. The zero-order valence-corrected chi connectivity index (χ0v) is 14.4. The lowest BCUT2D eigenvalue weighted by Gasteiger charge is -2.13. The molecule has 0 unspecified atom stereocenters. The molecule has 0 heterocycles. The van der Waals surface area contributed by atoms with Crippen molar-refractivity contribution in [2.45, 2.75) is 32.1 Å². The number of hydrogen-bond acceptors (Lipinski definition) is 3. The summed E-state index contributed by atoms with van der Waals surface area (Å²) >= 11 is 5.77. The Balaban J connectivity index is 1.55. The smallest absolute Gasteiger partial charge is 0.250 e. The van der Waals surface area contributed by atoms with Crippen LogP contribution in [0.15, 0.2) is 35.9 Å². The molecule has 130 valence electrons. The lowest BCUT2D eigenvalue weighted by Crippen LogP contribution is -2.30. The van der Waals surface area contributed by atoms with E-state index in [9.17, 15) is 9.59 Å². The maximum Gasteiger partial charge on any atom is 0.250 e. The predicted octanol–water partition coefficient (Wildman–Crippen LogP) is 3.30. The summed E-state index contributed by atoms with van der Waals surface area (Å²) in [5.41, 5.74) is 2.06. The van der Waals surface area contributed by atoms with E-state index >= 15 is 0 Å². The summed E-state index contributed by atoms with van der Waals surface area (Å²) in [4.78, 5) is 23.4. The van der Waals surface area contributed by atoms with Crippen LogP contribution in [0.4, 0.5) is 5.69 Å². The molecule has 2 N–H and O–H groups in total. The zero-order chi connectivity index (χ0) is 17.2. The van der Waals surface area contributed by atoms with Gasteiger partial charge in [0.05, 0.1) is 0 Å². The summed E-state index contributed by atoms with van der Waals surface area (Å²) in [5.74, 6) is -0.511. The Labute approximate surface area is 147 Å². The molecule has 0 radical (unpaired) electrons. The molecule has 0 bridgehead atoms. The average molecular weight is 351 g/mol. The predicted molar refractivity (Wildman–Crippen MR) is 95.1 cm³/mol. The molecular weight excluding hydrogens is 328 g/mol. The maximum atomic E-state index is 11.7. The molecule has 0 fully saturated rings. The van der Waals surface area contributed by atoms with Gasteiger partial charge in [0.1, 0.15) is 13.2 Å². The second-order valence-electron chi connectivity index (χ2n) is 5.76. The quantitative estimate of drug-likeness (QED) is 0.707. The van der Waals surface area contributed by atoms with Crippen molar-refractivity contribution in [2.24, 2.45) is 0 Å². The third-order valence-electron chi connectivity index (χ3n) is 3.75. The first kappa shape index (κ1) is 18.5. The Kier molecular flexibility index (Phi) is 7.79. The Hall–Kier alpha value is -1.85. The summed E-state index contributed by atoms with van der Waals surface area (Å²) in [6.07, 6.45) is 7.95. The van der Waals surface area contributed by atoms with Gasteiger partial charge in [-0.2, -0.15) is 0 Å². The number of allylic oxidation sites excluding steroid dienone is 1. The molecule has 2 amide bonds. The minimum Gasteiger partial charge on any atom is -0.362 e. The number of ether oxygens (including phenoxy) is 1. The fourth-order valence-electron chi connectivity index (χ4n) is 2.51. The molecule has 0 saturated carbocycles. The number of nitrogens with one attached hydrogen (secondary N) is 2. The maximum absolute atomic E-state index is 11.7. The van der Waals surface area contributed by atoms with E-state index in [1.54, 1.807) is 24.3 Å². The van der Waals surface area contributed by atoms with Gasteiger partial charge in [-0.15, -0.1) is 0 Å². The molecular formula is C18H23ClN2O3. The molecule has 1 aromatic rings. The van der Waals surface area contributed by atoms with Crippen molar-refractivity contribution in [1.82, 2.24) is 5.32 Å². The highest BCUT2D eigenvalue weighted by atomic mass is 35.5. The first-order valence-electron chi connectivity index (χ1n) is 8.21. The highest BCUT2D eigenvalue weighted by Crippen LogP contribution is 2.19. The second kappa shape index (κ2) is 10.1. The Morgan fingerprint density at radius 2 is 1.83 bits per heavy atom. The standard InChI is InChI=1S/C18H23ClN2O3/c19-15-6-8-16(9-7-15)21-18(23)13-24-12-17(22)20-11-10-14-4-2-1-3-5-14/h4,6-9H,1-3,5,10-13H2,(H,20,22)(H,21,23). The first-order chi connectivity index (χ1) is 11.6. The van der Waals surface area contributed by atoms with Crippen LogP contribution in [0.25, 0.3) is 0 Å². The van der Waals surface area contributed by atoms with E-state index < -0.39 is 0 Å². The molecule has 0 aliphatic heterocycles. The van der Waals surface area contributed by atoms with Gasteiger partial charge in [-0.05, 0) is 56.4 Å². The van der Waals surface area contributed by atoms with Gasteiger partial charge >= 0.3 is 0 Å². The molecule has 1 aliphatic rings. The number of benzene rings is 1. The molecule has 1 aliphatic carbocycles. The van der Waals surface area contributed by atoms with E-state index in [4.69, 9.17) is 16.3 Å². The van der Waals surface area contributed by atoms with Crippen LogP contribution in [0.1, 0.15) is 32.1 Å². The van der Waals surface area contributed by atoms with E-state index in [1.807, 2.05) is 0 Å². The van der Waals surface area contributed by atoms with Crippen molar-refractivity contribution in [2.75, 3.05) is 25.1 Å². The van der Waals surface area contributed by atoms with Crippen LogP contribution < -0.4 is 10.6 Å². The van der Waals surface area contributed by atoms with Crippen molar-refractivity contribution in [3.8, 4) is 0 Å². The summed E-state index contributed by atoms with van der Waals surface area (Å²) in [6, 6.07) is 6.78. The monoisotopic (exact) mass is 350 g/mol. The van der Waals surface area contributed by atoms with E-state index in [2.05, 4.69) is 16.7 Å². The normalized spacial score (nSPS) is 14.0.